The number of benzene rings is 2. The van der Waals surface area contributed by atoms with Gasteiger partial charge < -0.3 is 10.6 Å². The number of anilines is 1. The molecule has 3 rings (SSSR count). The van der Waals surface area contributed by atoms with E-state index in [1.165, 1.54) is 0 Å². The van der Waals surface area contributed by atoms with E-state index in [4.69, 9.17) is 0 Å². The van der Waals surface area contributed by atoms with Gasteiger partial charge in [0.1, 0.15) is 0 Å². The number of aromatic nitrogens is 2. The topological polar surface area (TPSA) is 59.0 Å². The fraction of sp³-hybridized carbons (Fsp3) is 0.263. The highest BCUT2D eigenvalue weighted by Crippen LogP contribution is 2.24. The van der Waals surface area contributed by atoms with Gasteiger partial charge in [0, 0.05) is 23.7 Å². The minimum Gasteiger partial charge on any atom is -0.331 e. The number of nitrogens with one attached hydrogen (secondary N) is 2. The van der Waals surface area contributed by atoms with Gasteiger partial charge in [0.2, 0.25) is 0 Å². The number of nitrogens with zero attached hydrogens (tertiary/aromatic N) is 2. The van der Waals surface area contributed by atoms with Gasteiger partial charge in [0.05, 0.1) is 17.4 Å². The first-order chi connectivity index (χ1) is 11.5. The molecule has 5 heteroatoms. The normalized spacial score (nSPS) is 12.2. The second-order valence-electron chi connectivity index (χ2n) is 6.05. The maximum atomic E-state index is 12.4. The third-order valence-corrected chi connectivity index (χ3v) is 4.38. The summed E-state index contributed by atoms with van der Waals surface area (Å²) in [6.07, 6.45) is 0. The number of fused-ring (bicyclic) bond motifs is 1. The van der Waals surface area contributed by atoms with E-state index >= 15 is 0 Å². The smallest absolute Gasteiger partial charge is 0.319 e. The van der Waals surface area contributed by atoms with E-state index in [9.17, 15) is 4.79 Å². The van der Waals surface area contributed by atoms with Gasteiger partial charge in [-0.3, -0.25) is 4.68 Å². The van der Waals surface area contributed by atoms with Gasteiger partial charge in [-0.05, 0) is 32.2 Å². The number of hydrogen-bond acceptors (Lipinski definition) is 2. The summed E-state index contributed by atoms with van der Waals surface area (Å²) < 4.78 is 1.84. The molecule has 1 aromatic heterocycles. The highest BCUT2D eigenvalue weighted by atomic mass is 16.2. The zero-order valence-corrected chi connectivity index (χ0v) is 14.4. The molecule has 0 aliphatic rings. The molecule has 0 fully saturated rings. The second-order valence-corrected chi connectivity index (χ2v) is 6.05. The molecule has 5 nitrogen and oxygen atoms in total. The van der Waals surface area contributed by atoms with Crippen molar-refractivity contribution in [3.8, 4) is 0 Å². The van der Waals surface area contributed by atoms with E-state index in [1.807, 2.05) is 75.0 Å². The fourth-order valence-electron chi connectivity index (χ4n) is 3.18. The van der Waals surface area contributed by atoms with Crippen molar-refractivity contribution in [3.05, 3.63) is 59.4 Å². The lowest BCUT2D eigenvalue weighted by atomic mass is 10.1. The van der Waals surface area contributed by atoms with Crippen molar-refractivity contribution in [2.75, 3.05) is 5.32 Å². The lowest BCUT2D eigenvalue weighted by Gasteiger charge is -2.16. The van der Waals surface area contributed by atoms with Crippen molar-refractivity contribution in [2.24, 2.45) is 7.05 Å². The summed E-state index contributed by atoms with van der Waals surface area (Å²) in [5, 5.41) is 12.5. The Hall–Kier alpha value is -2.82. The molecule has 0 saturated carbocycles. The minimum absolute atomic E-state index is 0.117. The summed E-state index contributed by atoms with van der Waals surface area (Å²) in [6, 6.07) is 13.5. The van der Waals surface area contributed by atoms with Gasteiger partial charge in [-0.15, -0.1) is 0 Å². The van der Waals surface area contributed by atoms with Gasteiger partial charge in [-0.1, -0.05) is 36.4 Å². The Labute approximate surface area is 141 Å². The molecular weight excluding hydrogens is 300 g/mol. The average molecular weight is 322 g/mol. The number of rotatable bonds is 3. The van der Waals surface area contributed by atoms with Crippen molar-refractivity contribution >= 4 is 22.5 Å². The molecule has 1 heterocycles. The quantitative estimate of drug-likeness (QED) is 0.763. The highest BCUT2D eigenvalue weighted by Gasteiger charge is 2.18. The molecule has 0 bridgehead atoms. The van der Waals surface area contributed by atoms with Crippen LogP contribution in [0.2, 0.25) is 0 Å². The SMILES string of the molecule is Cc1nn(C)c(C)c1[C@H](C)NC(=O)Nc1cccc2ccccc12. The van der Waals surface area contributed by atoms with Crippen LogP contribution in [0, 0.1) is 13.8 Å². The molecule has 24 heavy (non-hydrogen) atoms. The van der Waals surface area contributed by atoms with E-state index in [1.54, 1.807) is 0 Å². The van der Waals surface area contributed by atoms with E-state index in [-0.39, 0.29) is 12.1 Å². The van der Waals surface area contributed by atoms with Gasteiger partial charge in [-0.2, -0.15) is 5.10 Å². The van der Waals surface area contributed by atoms with Crippen LogP contribution in [0.1, 0.15) is 29.9 Å². The van der Waals surface area contributed by atoms with E-state index < -0.39 is 0 Å². The highest BCUT2D eigenvalue weighted by molar-refractivity contribution is 6.01. The molecule has 2 amide bonds. The van der Waals surface area contributed by atoms with Crippen molar-refractivity contribution in [1.82, 2.24) is 15.1 Å². The third kappa shape index (κ3) is 2.97. The summed E-state index contributed by atoms with van der Waals surface area (Å²) in [4.78, 5) is 12.4. The molecule has 124 valence electrons. The zero-order chi connectivity index (χ0) is 17.3. The Bertz CT molecular complexity index is 892. The van der Waals surface area contributed by atoms with Gasteiger partial charge >= 0.3 is 6.03 Å². The minimum atomic E-state index is -0.221. The monoisotopic (exact) mass is 322 g/mol. The van der Waals surface area contributed by atoms with Crippen LogP contribution in [0.15, 0.2) is 42.5 Å². The van der Waals surface area contributed by atoms with Crippen LogP contribution in [0.3, 0.4) is 0 Å². The largest absolute Gasteiger partial charge is 0.331 e. The van der Waals surface area contributed by atoms with Crippen molar-refractivity contribution in [1.29, 1.82) is 0 Å². The van der Waals surface area contributed by atoms with Crippen LogP contribution in [0.25, 0.3) is 10.8 Å². The zero-order valence-electron chi connectivity index (χ0n) is 14.4. The first-order valence-corrected chi connectivity index (χ1v) is 8.02. The van der Waals surface area contributed by atoms with Gasteiger partial charge in [0.25, 0.3) is 0 Å². The maximum Gasteiger partial charge on any atom is 0.319 e. The number of amides is 2. The van der Waals surface area contributed by atoms with E-state index in [2.05, 4.69) is 15.7 Å². The molecule has 0 aliphatic heterocycles. The molecule has 0 radical (unpaired) electrons. The fourth-order valence-corrected chi connectivity index (χ4v) is 3.18. The summed E-state index contributed by atoms with van der Waals surface area (Å²) in [6.45, 7) is 5.94. The van der Waals surface area contributed by atoms with Crippen LogP contribution in [-0.2, 0) is 7.05 Å². The Balaban J connectivity index is 1.78. The van der Waals surface area contributed by atoms with Gasteiger partial charge in [-0.25, -0.2) is 4.79 Å². The Morgan fingerprint density at radius 3 is 2.54 bits per heavy atom. The predicted octanol–water partition coefficient (Wildman–Crippen LogP) is 4.07. The maximum absolute atomic E-state index is 12.4. The Kier molecular flexibility index (Phi) is 4.25. The second kappa shape index (κ2) is 6.35. The molecule has 0 unspecified atom stereocenters. The first-order valence-electron chi connectivity index (χ1n) is 8.02. The van der Waals surface area contributed by atoms with Crippen molar-refractivity contribution in [3.63, 3.8) is 0 Å². The van der Waals surface area contributed by atoms with Crippen LogP contribution in [0.4, 0.5) is 10.5 Å². The number of aryl methyl sites for hydroxylation is 2. The summed E-state index contributed by atoms with van der Waals surface area (Å²) in [5.41, 5.74) is 3.86. The Morgan fingerprint density at radius 1 is 1.12 bits per heavy atom. The molecule has 2 N–H and O–H groups in total. The van der Waals surface area contributed by atoms with Gasteiger partial charge in [0.15, 0.2) is 0 Å². The number of carbonyl (C=O) groups is 1. The third-order valence-electron chi connectivity index (χ3n) is 4.38. The summed E-state index contributed by atoms with van der Waals surface area (Å²) in [7, 11) is 1.91. The number of carbonyl (C=O) groups excluding carboxylic acids is 1. The molecule has 1 atom stereocenters. The lowest BCUT2D eigenvalue weighted by Crippen LogP contribution is -2.31. The molecular formula is C19H22N4O. The van der Waals surface area contributed by atoms with E-state index in [0.29, 0.717) is 0 Å². The molecule has 2 aromatic carbocycles. The number of urea groups is 1. The predicted molar refractivity (Wildman–Crippen MR) is 97.2 cm³/mol. The average Bonchev–Trinajstić information content (AvgIpc) is 2.80. The van der Waals surface area contributed by atoms with Crippen LogP contribution < -0.4 is 10.6 Å². The standard InChI is InChI=1S/C19H22N4O/c1-12(18-13(2)22-23(4)14(18)3)20-19(24)21-17-11-7-9-15-8-5-6-10-16(15)17/h5-12H,1-4H3,(H2,20,21,24)/t12-/m0/s1. The van der Waals surface area contributed by atoms with Crippen LogP contribution in [-0.4, -0.2) is 15.8 Å². The molecule has 0 aliphatic carbocycles. The summed E-state index contributed by atoms with van der Waals surface area (Å²) in [5.74, 6) is 0. The van der Waals surface area contributed by atoms with E-state index in [0.717, 1.165) is 33.4 Å². The Morgan fingerprint density at radius 2 is 1.83 bits per heavy atom. The van der Waals surface area contributed by atoms with Crippen molar-refractivity contribution < 1.29 is 4.79 Å². The molecule has 0 spiro atoms. The van der Waals surface area contributed by atoms with Crippen LogP contribution in [0.5, 0.6) is 0 Å². The first kappa shape index (κ1) is 16.1. The molecule has 3 aromatic rings. The van der Waals surface area contributed by atoms with Crippen molar-refractivity contribution in [2.45, 2.75) is 26.8 Å². The molecule has 0 saturated heterocycles. The lowest BCUT2D eigenvalue weighted by molar-refractivity contribution is 0.249. The summed E-state index contributed by atoms with van der Waals surface area (Å²) >= 11 is 0. The number of hydrogen-bond donors (Lipinski definition) is 2. The van der Waals surface area contributed by atoms with Crippen LogP contribution >= 0.6 is 0 Å².